The first-order valence-electron chi connectivity index (χ1n) is 4.44. The van der Waals surface area contributed by atoms with E-state index in [2.05, 4.69) is 4.18 Å². The normalized spacial score (nSPS) is 15.9. The summed E-state index contributed by atoms with van der Waals surface area (Å²) in [6.07, 6.45) is -15.8. The summed E-state index contributed by atoms with van der Waals surface area (Å²) >= 11 is 0. The van der Waals surface area contributed by atoms with E-state index in [1.807, 2.05) is 0 Å². The SMILES string of the molecule is CCCCS(=O)(=O)OC(F)(F)C(F)C(F)(F)F. The molecule has 10 heteroatoms. The summed E-state index contributed by atoms with van der Waals surface area (Å²) in [5.74, 6) is -0.899. The van der Waals surface area contributed by atoms with Crippen molar-refractivity contribution < 1.29 is 38.9 Å². The maximum absolute atomic E-state index is 12.5. The van der Waals surface area contributed by atoms with Gasteiger partial charge in [-0.3, -0.25) is 0 Å². The Hall–Kier alpha value is -0.510. The Kier molecular flexibility index (Phi) is 5.26. The second kappa shape index (κ2) is 5.42. The van der Waals surface area contributed by atoms with Gasteiger partial charge in [0.2, 0.25) is 0 Å². The Balaban J connectivity index is 4.76. The molecule has 3 nitrogen and oxygen atoms in total. The van der Waals surface area contributed by atoms with Crippen LogP contribution in [-0.2, 0) is 14.3 Å². The lowest BCUT2D eigenvalue weighted by molar-refractivity contribution is -0.303. The maximum atomic E-state index is 12.5. The summed E-state index contributed by atoms with van der Waals surface area (Å²) in [7, 11) is -4.90. The molecule has 0 saturated carbocycles. The van der Waals surface area contributed by atoms with Gasteiger partial charge in [-0.15, -0.1) is 0 Å². The topological polar surface area (TPSA) is 43.4 Å². The van der Waals surface area contributed by atoms with Gasteiger partial charge in [-0.2, -0.15) is 34.6 Å². The maximum Gasteiger partial charge on any atom is 0.428 e. The molecule has 0 bridgehead atoms. The standard InChI is InChI=1S/C7H10F6O3S/c1-2-3-4-17(14,15)16-7(12,13)5(8)6(9,10)11/h5H,2-4H2,1H3. The Morgan fingerprint density at radius 2 is 1.65 bits per heavy atom. The van der Waals surface area contributed by atoms with Crippen LogP contribution in [0.15, 0.2) is 0 Å². The van der Waals surface area contributed by atoms with Crippen LogP contribution < -0.4 is 0 Å². The fourth-order valence-electron chi connectivity index (χ4n) is 0.765. The van der Waals surface area contributed by atoms with E-state index in [1.165, 1.54) is 6.92 Å². The van der Waals surface area contributed by atoms with Gasteiger partial charge in [-0.25, -0.2) is 4.39 Å². The van der Waals surface area contributed by atoms with Crippen LogP contribution in [0.4, 0.5) is 26.3 Å². The molecule has 0 aliphatic carbocycles. The minimum absolute atomic E-state index is 0.0820. The van der Waals surface area contributed by atoms with Crippen molar-refractivity contribution in [2.75, 3.05) is 5.75 Å². The molecule has 1 unspecified atom stereocenters. The zero-order chi connectivity index (χ0) is 13.9. The van der Waals surface area contributed by atoms with E-state index in [0.717, 1.165) is 0 Å². The average Bonchev–Trinajstić information content (AvgIpc) is 2.10. The molecule has 104 valence electrons. The Morgan fingerprint density at radius 1 is 1.18 bits per heavy atom. The molecule has 0 amide bonds. The van der Waals surface area contributed by atoms with E-state index in [4.69, 9.17) is 0 Å². The third-order valence-corrected chi connectivity index (χ3v) is 2.83. The number of alkyl halides is 6. The van der Waals surface area contributed by atoms with Crippen molar-refractivity contribution in [1.29, 1.82) is 0 Å². The number of hydrogen-bond donors (Lipinski definition) is 0. The lowest BCUT2D eigenvalue weighted by Crippen LogP contribution is -2.45. The van der Waals surface area contributed by atoms with Gasteiger partial charge in [-0.05, 0) is 6.42 Å². The molecule has 0 saturated heterocycles. The molecular weight excluding hydrogens is 278 g/mol. The fourth-order valence-corrected chi connectivity index (χ4v) is 1.91. The zero-order valence-corrected chi connectivity index (χ0v) is 9.42. The van der Waals surface area contributed by atoms with Crippen LogP contribution in [0, 0.1) is 0 Å². The Labute approximate surface area is 93.9 Å². The quantitative estimate of drug-likeness (QED) is 0.557. The van der Waals surface area contributed by atoms with Gasteiger partial charge in [0.1, 0.15) is 0 Å². The van der Waals surface area contributed by atoms with Crippen LogP contribution in [0.1, 0.15) is 19.8 Å². The molecule has 0 N–H and O–H groups in total. The second-order valence-corrected chi connectivity index (χ2v) is 4.85. The first-order chi connectivity index (χ1) is 7.42. The molecule has 0 fully saturated rings. The molecule has 0 aromatic carbocycles. The third kappa shape index (κ3) is 5.57. The third-order valence-electron chi connectivity index (χ3n) is 1.57. The van der Waals surface area contributed by atoms with E-state index in [0.29, 0.717) is 6.42 Å². The van der Waals surface area contributed by atoms with Gasteiger partial charge >= 0.3 is 12.3 Å². The summed E-state index contributed by atoms with van der Waals surface area (Å²) in [4.78, 5) is 0. The molecule has 0 spiro atoms. The smallest absolute Gasteiger partial charge is 0.228 e. The van der Waals surface area contributed by atoms with Crippen molar-refractivity contribution in [3.63, 3.8) is 0 Å². The molecule has 17 heavy (non-hydrogen) atoms. The zero-order valence-electron chi connectivity index (χ0n) is 8.60. The summed E-state index contributed by atoms with van der Waals surface area (Å²) in [6, 6.07) is 0. The number of halogens is 6. The summed E-state index contributed by atoms with van der Waals surface area (Å²) in [5.41, 5.74) is 0. The van der Waals surface area contributed by atoms with Gasteiger partial charge in [0.25, 0.3) is 16.3 Å². The average molecular weight is 288 g/mol. The molecule has 0 aliphatic rings. The molecule has 0 rings (SSSR count). The fraction of sp³-hybridized carbons (Fsp3) is 1.00. The molecule has 1 atom stereocenters. The van der Waals surface area contributed by atoms with Crippen LogP contribution in [0.5, 0.6) is 0 Å². The van der Waals surface area contributed by atoms with E-state index >= 15 is 0 Å². The molecule has 0 radical (unpaired) electrons. The van der Waals surface area contributed by atoms with E-state index in [-0.39, 0.29) is 6.42 Å². The van der Waals surface area contributed by atoms with Crippen molar-refractivity contribution >= 4 is 10.1 Å². The van der Waals surface area contributed by atoms with E-state index in [1.54, 1.807) is 0 Å². The van der Waals surface area contributed by atoms with E-state index in [9.17, 15) is 34.8 Å². The first kappa shape index (κ1) is 16.5. The highest BCUT2D eigenvalue weighted by atomic mass is 32.2. The van der Waals surface area contributed by atoms with Crippen molar-refractivity contribution in [2.24, 2.45) is 0 Å². The van der Waals surface area contributed by atoms with Gasteiger partial charge in [0.05, 0.1) is 5.75 Å². The Morgan fingerprint density at radius 3 is 2.00 bits per heavy atom. The molecule has 0 aromatic heterocycles. The van der Waals surface area contributed by atoms with Crippen LogP contribution in [0.25, 0.3) is 0 Å². The van der Waals surface area contributed by atoms with Crippen molar-refractivity contribution in [3.05, 3.63) is 0 Å². The summed E-state index contributed by atoms with van der Waals surface area (Å²) in [5, 5.41) is 0. The van der Waals surface area contributed by atoms with Crippen molar-refractivity contribution in [1.82, 2.24) is 0 Å². The van der Waals surface area contributed by atoms with Gasteiger partial charge < -0.3 is 0 Å². The molecule has 0 aliphatic heterocycles. The van der Waals surface area contributed by atoms with Crippen LogP contribution in [0.3, 0.4) is 0 Å². The van der Waals surface area contributed by atoms with Gasteiger partial charge in [0.15, 0.2) is 0 Å². The molecular formula is C7H10F6O3S. The monoisotopic (exact) mass is 288 g/mol. The van der Waals surface area contributed by atoms with Crippen LogP contribution in [0.2, 0.25) is 0 Å². The number of hydrogen-bond acceptors (Lipinski definition) is 3. The predicted octanol–water partition coefficient (Wildman–Crippen LogP) is 2.63. The minimum atomic E-state index is -5.90. The highest BCUT2D eigenvalue weighted by Crippen LogP contribution is 2.36. The van der Waals surface area contributed by atoms with Gasteiger partial charge in [-0.1, -0.05) is 13.3 Å². The van der Waals surface area contributed by atoms with E-state index < -0.39 is 34.3 Å². The minimum Gasteiger partial charge on any atom is -0.228 e. The number of rotatable bonds is 6. The highest BCUT2D eigenvalue weighted by molar-refractivity contribution is 7.86. The van der Waals surface area contributed by atoms with Gasteiger partial charge in [0, 0.05) is 0 Å². The largest absolute Gasteiger partial charge is 0.428 e. The highest BCUT2D eigenvalue weighted by Gasteiger charge is 2.60. The summed E-state index contributed by atoms with van der Waals surface area (Å²) < 4.78 is 96.8. The van der Waals surface area contributed by atoms with Crippen molar-refractivity contribution in [3.8, 4) is 0 Å². The van der Waals surface area contributed by atoms with Crippen LogP contribution >= 0.6 is 0 Å². The predicted molar refractivity (Wildman–Crippen MR) is 45.7 cm³/mol. The van der Waals surface area contributed by atoms with Crippen LogP contribution in [-0.4, -0.2) is 32.6 Å². The lowest BCUT2D eigenvalue weighted by atomic mass is 10.3. The lowest BCUT2D eigenvalue weighted by Gasteiger charge is -2.21. The number of unbranched alkanes of at least 4 members (excludes halogenated alkanes) is 1. The Bertz CT molecular complexity index is 336. The first-order valence-corrected chi connectivity index (χ1v) is 6.02. The summed E-state index contributed by atoms with van der Waals surface area (Å²) in [6.45, 7) is 1.53. The second-order valence-electron chi connectivity index (χ2n) is 3.16. The van der Waals surface area contributed by atoms with Crippen molar-refractivity contribution in [2.45, 2.75) is 38.2 Å². The molecule has 0 aromatic rings. The molecule has 0 heterocycles.